The van der Waals surface area contributed by atoms with Gasteiger partial charge in [-0.2, -0.15) is 0 Å². The van der Waals surface area contributed by atoms with Crippen LogP contribution in [0.25, 0.3) is 98.8 Å². The van der Waals surface area contributed by atoms with Crippen molar-refractivity contribution in [2.45, 2.75) is 0 Å². The van der Waals surface area contributed by atoms with E-state index in [4.69, 9.17) is 4.42 Å². The second-order valence-electron chi connectivity index (χ2n) is 16.1. The zero-order chi connectivity index (χ0) is 41.0. The van der Waals surface area contributed by atoms with Crippen molar-refractivity contribution in [2.75, 3.05) is 4.90 Å². The van der Waals surface area contributed by atoms with E-state index in [1.807, 2.05) is 0 Å². The summed E-state index contributed by atoms with van der Waals surface area (Å²) < 4.78 is 6.55. The molecule has 11 aromatic carbocycles. The number of furan rings is 1. The standard InChI is InChI=1S/C60H39NO/c1-4-18-51-41(11-1)14-8-21-53(51)44-27-34-49(35-28-44)61(48-32-25-40(26-33-48)46-16-7-17-47(39-46)54-22-9-15-42-12-2-5-19-52(42)54)50-36-29-45(30-37-50)55-23-10-24-58-59(55)57-38-31-43-13-3-6-20-56(43)60(57)62-58/h1-39H. The molecule has 0 aliphatic rings. The van der Waals surface area contributed by atoms with Crippen molar-refractivity contribution >= 4 is 71.3 Å². The first-order chi connectivity index (χ1) is 30.7. The second-order valence-corrected chi connectivity index (χ2v) is 16.1. The quantitative estimate of drug-likeness (QED) is 0.160. The minimum Gasteiger partial charge on any atom is -0.455 e. The largest absolute Gasteiger partial charge is 0.455 e. The van der Waals surface area contributed by atoms with Crippen LogP contribution >= 0.6 is 0 Å². The first-order valence-corrected chi connectivity index (χ1v) is 21.2. The molecule has 0 bridgehead atoms. The average molecular weight is 790 g/mol. The fourth-order valence-corrected chi connectivity index (χ4v) is 9.45. The molecular weight excluding hydrogens is 751 g/mol. The number of hydrogen-bond donors (Lipinski definition) is 0. The van der Waals surface area contributed by atoms with Crippen LogP contribution in [0, 0.1) is 0 Å². The van der Waals surface area contributed by atoms with Gasteiger partial charge in [-0.25, -0.2) is 0 Å². The van der Waals surface area contributed by atoms with Crippen LogP contribution in [-0.4, -0.2) is 0 Å². The van der Waals surface area contributed by atoms with E-state index >= 15 is 0 Å². The molecule has 0 aliphatic heterocycles. The Morgan fingerprint density at radius 2 is 0.726 bits per heavy atom. The van der Waals surface area contributed by atoms with E-state index in [9.17, 15) is 0 Å². The number of rotatable bonds is 7. The van der Waals surface area contributed by atoms with Crippen molar-refractivity contribution in [3.05, 3.63) is 237 Å². The third-order valence-electron chi connectivity index (χ3n) is 12.5. The van der Waals surface area contributed by atoms with Crippen LogP contribution in [0.4, 0.5) is 17.1 Å². The lowest BCUT2D eigenvalue weighted by atomic mass is 9.95. The maximum Gasteiger partial charge on any atom is 0.143 e. The fourth-order valence-electron chi connectivity index (χ4n) is 9.45. The first-order valence-electron chi connectivity index (χ1n) is 21.2. The minimum absolute atomic E-state index is 0.897. The van der Waals surface area contributed by atoms with Gasteiger partial charge < -0.3 is 9.32 Å². The molecule has 0 amide bonds. The molecular formula is C60H39NO. The van der Waals surface area contributed by atoms with Crippen molar-refractivity contribution in [2.24, 2.45) is 0 Å². The van der Waals surface area contributed by atoms with E-state index in [2.05, 4.69) is 241 Å². The number of fused-ring (bicyclic) bond motifs is 7. The molecule has 0 saturated heterocycles. The monoisotopic (exact) mass is 789 g/mol. The molecule has 62 heavy (non-hydrogen) atoms. The van der Waals surface area contributed by atoms with Crippen LogP contribution in [-0.2, 0) is 0 Å². The number of hydrogen-bond acceptors (Lipinski definition) is 2. The first kappa shape index (κ1) is 35.7. The summed E-state index contributed by atoms with van der Waals surface area (Å²) in [6.07, 6.45) is 0. The smallest absolute Gasteiger partial charge is 0.143 e. The Balaban J connectivity index is 0.937. The minimum atomic E-state index is 0.897. The summed E-state index contributed by atoms with van der Waals surface area (Å²) >= 11 is 0. The van der Waals surface area contributed by atoms with Gasteiger partial charge in [0.1, 0.15) is 11.2 Å². The summed E-state index contributed by atoms with van der Waals surface area (Å²) in [5.74, 6) is 0. The lowest BCUT2D eigenvalue weighted by Crippen LogP contribution is -2.09. The molecule has 290 valence electrons. The summed E-state index contributed by atoms with van der Waals surface area (Å²) in [4.78, 5) is 2.35. The summed E-state index contributed by atoms with van der Waals surface area (Å²) in [6, 6.07) is 85.4. The Morgan fingerprint density at radius 3 is 1.35 bits per heavy atom. The van der Waals surface area contributed by atoms with Crippen LogP contribution in [0.1, 0.15) is 0 Å². The lowest BCUT2D eigenvalue weighted by molar-refractivity contribution is 0.673. The number of benzene rings is 11. The van der Waals surface area contributed by atoms with Gasteiger partial charge in [-0.3, -0.25) is 0 Å². The van der Waals surface area contributed by atoms with Gasteiger partial charge >= 0.3 is 0 Å². The summed E-state index contributed by atoms with van der Waals surface area (Å²) in [5, 5.41) is 9.59. The van der Waals surface area contributed by atoms with Crippen molar-refractivity contribution < 1.29 is 4.42 Å². The highest BCUT2D eigenvalue weighted by atomic mass is 16.3. The predicted octanol–water partition coefficient (Wildman–Crippen LogP) is 17.2. The third kappa shape index (κ3) is 6.12. The molecule has 0 fully saturated rings. The Morgan fingerprint density at radius 1 is 0.274 bits per heavy atom. The fraction of sp³-hybridized carbons (Fsp3) is 0. The molecule has 0 saturated carbocycles. The number of anilines is 3. The van der Waals surface area contributed by atoms with Gasteiger partial charge in [-0.15, -0.1) is 0 Å². The van der Waals surface area contributed by atoms with Gasteiger partial charge in [-0.05, 0) is 126 Å². The van der Waals surface area contributed by atoms with Gasteiger partial charge in [0, 0.05) is 33.2 Å². The Kier molecular flexibility index (Phi) is 8.53. The van der Waals surface area contributed by atoms with Crippen molar-refractivity contribution in [1.29, 1.82) is 0 Å². The van der Waals surface area contributed by atoms with E-state index in [0.29, 0.717) is 0 Å². The number of nitrogens with zero attached hydrogens (tertiary/aromatic N) is 1. The van der Waals surface area contributed by atoms with E-state index < -0.39 is 0 Å². The highest BCUT2D eigenvalue weighted by Crippen LogP contribution is 2.42. The van der Waals surface area contributed by atoms with Crippen LogP contribution in [0.5, 0.6) is 0 Å². The Bertz CT molecular complexity index is 3610. The van der Waals surface area contributed by atoms with Gasteiger partial charge in [0.25, 0.3) is 0 Å². The predicted molar refractivity (Wildman–Crippen MR) is 263 cm³/mol. The molecule has 0 atom stereocenters. The molecule has 0 radical (unpaired) electrons. The Hall–Kier alpha value is -8.20. The van der Waals surface area contributed by atoms with Gasteiger partial charge in [-0.1, -0.05) is 182 Å². The van der Waals surface area contributed by atoms with E-state index in [1.54, 1.807) is 0 Å². The molecule has 12 aromatic rings. The van der Waals surface area contributed by atoms with Crippen molar-refractivity contribution in [1.82, 2.24) is 0 Å². The van der Waals surface area contributed by atoms with Gasteiger partial charge in [0.05, 0.1) is 0 Å². The molecule has 12 rings (SSSR count). The molecule has 0 N–H and O–H groups in total. The summed E-state index contributed by atoms with van der Waals surface area (Å²) in [7, 11) is 0. The highest BCUT2D eigenvalue weighted by Gasteiger charge is 2.18. The second kappa shape index (κ2) is 14.8. The van der Waals surface area contributed by atoms with Crippen LogP contribution < -0.4 is 4.90 Å². The normalized spacial score (nSPS) is 11.5. The van der Waals surface area contributed by atoms with Crippen molar-refractivity contribution in [3.8, 4) is 44.5 Å². The zero-order valence-corrected chi connectivity index (χ0v) is 33.9. The van der Waals surface area contributed by atoms with Crippen LogP contribution in [0.3, 0.4) is 0 Å². The van der Waals surface area contributed by atoms with Gasteiger partial charge in [0.15, 0.2) is 0 Å². The molecule has 2 heteroatoms. The molecule has 0 unspecified atom stereocenters. The summed E-state index contributed by atoms with van der Waals surface area (Å²) in [5.41, 5.74) is 14.6. The van der Waals surface area contributed by atoms with Crippen LogP contribution in [0.2, 0.25) is 0 Å². The van der Waals surface area contributed by atoms with Crippen molar-refractivity contribution in [3.63, 3.8) is 0 Å². The van der Waals surface area contributed by atoms with Gasteiger partial charge in [0.2, 0.25) is 0 Å². The summed E-state index contributed by atoms with van der Waals surface area (Å²) in [6.45, 7) is 0. The van der Waals surface area contributed by atoms with E-state index in [0.717, 1.165) is 55.5 Å². The Labute approximate surface area is 360 Å². The maximum absolute atomic E-state index is 6.55. The molecule has 0 spiro atoms. The lowest BCUT2D eigenvalue weighted by Gasteiger charge is -2.26. The molecule has 0 aliphatic carbocycles. The topological polar surface area (TPSA) is 16.4 Å². The molecule has 1 heterocycles. The SMILES string of the molecule is c1cc(-c2ccc(N(c3ccc(-c4cccc5ccccc45)cc3)c3ccc(-c4cccc5oc6c7ccccc7ccc6c45)cc3)cc2)cc(-c2cccc3ccccc23)c1. The zero-order valence-electron chi connectivity index (χ0n) is 33.9. The van der Waals surface area contributed by atoms with E-state index in [-0.39, 0.29) is 0 Å². The maximum atomic E-state index is 6.55. The van der Waals surface area contributed by atoms with E-state index in [1.165, 1.54) is 60.3 Å². The van der Waals surface area contributed by atoms with Crippen LogP contribution in [0.15, 0.2) is 241 Å². The third-order valence-corrected chi connectivity index (χ3v) is 12.5. The molecule has 1 aromatic heterocycles. The highest BCUT2D eigenvalue weighted by molar-refractivity contribution is 6.19. The average Bonchev–Trinajstić information content (AvgIpc) is 3.74. The molecule has 2 nitrogen and oxygen atoms in total.